The summed E-state index contributed by atoms with van der Waals surface area (Å²) in [5.74, 6) is -0.461. The quantitative estimate of drug-likeness (QED) is 0.822. The average Bonchev–Trinajstić information content (AvgIpc) is 3.18. The highest BCUT2D eigenvalue weighted by atomic mass is 19.4. The Kier molecular flexibility index (Phi) is 4.41. The number of amides is 1. The fraction of sp³-hybridized carbons (Fsp3) is 0.500. The van der Waals surface area contributed by atoms with Crippen molar-refractivity contribution in [3.05, 3.63) is 24.3 Å². The third-order valence-electron chi connectivity index (χ3n) is 3.41. The first kappa shape index (κ1) is 15.6. The highest BCUT2D eigenvalue weighted by molar-refractivity contribution is 5.94. The van der Waals surface area contributed by atoms with E-state index < -0.39 is 24.7 Å². The number of benzene rings is 1. The summed E-state index contributed by atoms with van der Waals surface area (Å²) < 4.78 is 37.8. The highest BCUT2D eigenvalue weighted by Crippen LogP contribution is 2.32. The van der Waals surface area contributed by atoms with Crippen LogP contribution in [-0.4, -0.2) is 35.6 Å². The Morgan fingerprint density at radius 3 is 2.67 bits per heavy atom. The van der Waals surface area contributed by atoms with Crippen molar-refractivity contribution in [3.8, 4) is 0 Å². The number of hydrogen-bond donors (Lipinski definition) is 2. The highest BCUT2D eigenvalue weighted by Gasteiger charge is 2.41. The number of carbonyl (C=O) groups excluding carboxylic acids is 1. The van der Waals surface area contributed by atoms with Crippen LogP contribution in [0.1, 0.15) is 19.8 Å². The second-order valence-corrected chi connectivity index (χ2v) is 5.31. The van der Waals surface area contributed by atoms with E-state index in [1.807, 2.05) is 0 Å². The van der Waals surface area contributed by atoms with Gasteiger partial charge in [0.1, 0.15) is 0 Å². The van der Waals surface area contributed by atoms with E-state index >= 15 is 0 Å². The van der Waals surface area contributed by atoms with Crippen molar-refractivity contribution in [2.45, 2.75) is 38.0 Å². The second-order valence-electron chi connectivity index (χ2n) is 5.31. The zero-order valence-electron chi connectivity index (χ0n) is 11.7. The molecule has 0 saturated heterocycles. The molecule has 0 aromatic heterocycles. The molecule has 116 valence electrons. The summed E-state index contributed by atoms with van der Waals surface area (Å²) in [6.07, 6.45) is -2.91. The summed E-state index contributed by atoms with van der Waals surface area (Å²) in [4.78, 5) is 13.3. The van der Waals surface area contributed by atoms with Gasteiger partial charge in [-0.3, -0.25) is 9.69 Å². The predicted molar refractivity (Wildman–Crippen MR) is 74.7 cm³/mol. The van der Waals surface area contributed by atoms with Crippen LogP contribution in [0.5, 0.6) is 0 Å². The first-order valence-corrected chi connectivity index (χ1v) is 6.75. The molecule has 1 atom stereocenters. The molecule has 1 unspecified atom stereocenters. The van der Waals surface area contributed by atoms with Crippen LogP contribution >= 0.6 is 0 Å². The summed E-state index contributed by atoms with van der Waals surface area (Å²) in [7, 11) is 0. The lowest BCUT2D eigenvalue weighted by atomic mass is 10.2. The Labute approximate surface area is 121 Å². The average molecular weight is 301 g/mol. The van der Waals surface area contributed by atoms with E-state index in [9.17, 15) is 18.0 Å². The Morgan fingerprint density at radius 2 is 2.14 bits per heavy atom. The van der Waals surface area contributed by atoms with Crippen LogP contribution in [0.25, 0.3) is 0 Å². The van der Waals surface area contributed by atoms with Crippen molar-refractivity contribution in [1.29, 1.82) is 0 Å². The van der Waals surface area contributed by atoms with Gasteiger partial charge >= 0.3 is 6.18 Å². The largest absolute Gasteiger partial charge is 0.401 e. The molecule has 0 heterocycles. The molecule has 7 heteroatoms. The van der Waals surface area contributed by atoms with Gasteiger partial charge in [-0.05, 0) is 38.0 Å². The Hall–Kier alpha value is -1.76. The molecule has 21 heavy (non-hydrogen) atoms. The van der Waals surface area contributed by atoms with Gasteiger partial charge in [-0.15, -0.1) is 0 Å². The van der Waals surface area contributed by atoms with Crippen molar-refractivity contribution in [2.75, 3.05) is 17.6 Å². The maximum absolute atomic E-state index is 12.6. The molecule has 1 aliphatic rings. The zero-order chi connectivity index (χ0) is 15.6. The number of nitrogens with two attached hydrogens (primary N) is 1. The third kappa shape index (κ3) is 4.63. The summed E-state index contributed by atoms with van der Waals surface area (Å²) in [6, 6.07) is 5.54. The van der Waals surface area contributed by atoms with Crippen LogP contribution in [0, 0.1) is 0 Å². The van der Waals surface area contributed by atoms with E-state index in [1.165, 1.54) is 11.8 Å². The monoisotopic (exact) mass is 301 g/mol. The number of anilines is 2. The summed E-state index contributed by atoms with van der Waals surface area (Å²) in [5.41, 5.74) is 6.56. The molecule has 0 aliphatic heterocycles. The molecule has 1 aliphatic carbocycles. The molecule has 0 spiro atoms. The maximum Gasteiger partial charge on any atom is 0.401 e. The van der Waals surface area contributed by atoms with Crippen LogP contribution in [0.3, 0.4) is 0 Å². The predicted octanol–water partition coefficient (Wildman–Crippen LogP) is 2.62. The summed E-state index contributed by atoms with van der Waals surface area (Å²) >= 11 is 0. The number of nitrogens with zero attached hydrogens (tertiary/aromatic N) is 1. The normalized spacial score (nSPS) is 16.8. The van der Waals surface area contributed by atoms with Crippen molar-refractivity contribution in [2.24, 2.45) is 0 Å². The van der Waals surface area contributed by atoms with Crippen LogP contribution in [0.4, 0.5) is 24.5 Å². The van der Waals surface area contributed by atoms with Gasteiger partial charge in [0.2, 0.25) is 5.91 Å². The Morgan fingerprint density at radius 1 is 1.48 bits per heavy atom. The maximum atomic E-state index is 12.6. The lowest BCUT2D eigenvalue weighted by Gasteiger charge is -2.29. The van der Waals surface area contributed by atoms with Gasteiger partial charge in [0.05, 0.1) is 12.6 Å². The van der Waals surface area contributed by atoms with Crippen molar-refractivity contribution in [1.82, 2.24) is 4.90 Å². The van der Waals surface area contributed by atoms with Gasteiger partial charge in [0, 0.05) is 17.4 Å². The topological polar surface area (TPSA) is 58.4 Å². The molecule has 3 N–H and O–H groups in total. The van der Waals surface area contributed by atoms with Gasteiger partial charge in [0.25, 0.3) is 0 Å². The Bertz CT molecular complexity index is 514. The lowest BCUT2D eigenvalue weighted by Crippen LogP contribution is -2.47. The standard InChI is InChI=1S/C14H18F3N3O/c1-9(20(12-5-6-12)8-14(15,16)17)13(21)19-11-4-2-3-10(18)7-11/h2-4,7,9,12H,5-6,8,18H2,1H3,(H,19,21). The molecule has 2 rings (SSSR count). The van der Waals surface area contributed by atoms with E-state index in [4.69, 9.17) is 5.73 Å². The third-order valence-corrected chi connectivity index (χ3v) is 3.41. The van der Waals surface area contributed by atoms with Gasteiger partial charge in [0.15, 0.2) is 0 Å². The van der Waals surface area contributed by atoms with E-state index in [2.05, 4.69) is 5.32 Å². The summed E-state index contributed by atoms with van der Waals surface area (Å²) in [5, 5.41) is 2.60. The van der Waals surface area contributed by atoms with Gasteiger partial charge in [-0.1, -0.05) is 6.07 Å². The van der Waals surface area contributed by atoms with Crippen LogP contribution in [0.15, 0.2) is 24.3 Å². The SMILES string of the molecule is CC(C(=O)Nc1cccc(N)c1)N(CC(F)(F)F)C1CC1. The molecule has 1 amide bonds. The fourth-order valence-electron chi connectivity index (χ4n) is 2.21. The molecule has 1 saturated carbocycles. The number of halogens is 3. The molecule has 4 nitrogen and oxygen atoms in total. The van der Waals surface area contributed by atoms with E-state index in [0.717, 1.165) is 0 Å². The number of carbonyl (C=O) groups is 1. The lowest BCUT2D eigenvalue weighted by molar-refractivity contribution is -0.154. The van der Waals surface area contributed by atoms with Gasteiger partial charge in [-0.25, -0.2) is 0 Å². The minimum Gasteiger partial charge on any atom is -0.399 e. The molecule has 1 aromatic rings. The van der Waals surface area contributed by atoms with Crippen LogP contribution < -0.4 is 11.1 Å². The van der Waals surface area contributed by atoms with Crippen LogP contribution in [0.2, 0.25) is 0 Å². The minimum atomic E-state index is -4.31. The minimum absolute atomic E-state index is 0.159. The Balaban J connectivity index is 2.02. The molecule has 1 aromatic carbocycles. The van der Waals surface area contributed by atoms with Gasteiger partial charge in [-0.2, -0.15) is 13.2 Å². The number of hydrogen-bond acceptors (Lipinski definition) is 3. The number of alkyl halides is 3. The molecule has 1 fully saturated rings. The second kappa shape index (κ2) is 5.93. The van der Waals surface area contributed by atoms with E-state index in [0.29, 0.717) is 24.2 Å². The van der Waals surface area contributed by atoms with E-state index in [1.54, 1.807) is 24.3 Å². The smallest absolute Gasteiger partial charge is 0.399 e. The zero-order valence-corrected chi connectivity index (χ0v) is 11.7. The van der Waals surface area contributed by atoms with Crippen molar-refractivity contribution >= 4 is 17.3 Å². The first-order chi connectivity index (χ1) is 9.76. The molecule has 0 radical (unpaired) electrons. The molecular formula is C14H18F3N3O. The van der Waals surface area contributed by atoms with Gasteiger partial charge < -0.3 is 11.1 Å². The number of nitrogens with one attached hydrogen (secondary N) is 1. The summed E-state index contributed by atoms with van der Waals surface area (Å²) in [6.45, 7) is 0.425. The molecule has 0 bridgehead atoms. The van der Waals surface area contributed by atoms with Crippen molar-refractivity contribution < 1.29 is 18.0 Å². The van der Waals surface area contributed by atoms with E-state index in [-0.39, 0.29) is 6.04 Å². The van der Waals surface area contributed by atoms with Crippen molar-refractivity contribution in [3.63, 3.8) is 0 Å². The fourth-order valence-corrected chi connectivity index (χ4v) is 2.21. The first-order valence-electron chi connectivity index (χ1n) is 6.75. The number of nitrogen functional groups attached to an aromatic ring is 1. The number of rotatable bonds is 5. The molecular weight excluding hydrogens is 283 g/mol. The van der Waals surface area contributed by atoms with Crippen LogP contribution in [-0.2, 0) is 4.79 Å².